The number of benzene rings is 1. The number of hydrogen-bond donors (Lipinski definition) is 2. The molecule has 0 spiro atoms. The van der Waals surface area contributed by atoms with E-state index in [9.17, 15) is 9.59 Å². The fraction of sp³-hybridized carbons (Fsp3) is 0.438. The predicted octanol–water partition coefficient (Wildman–Crippen LogP) is 2.23. The fourth-order valence-electron chi connectivity index (χ4n) is 2.86. The Balaban J connectivity index is 1.82. The molecule has 3 rings (SSSR count). The van der Waals surface area contributed by atoms with Crippen LogP contribution in [-0.2, 0) is 0 Å². The van der Waals surface area contributed by atoms with Crippen LogP contribution in [0.5, 0.6) is 0 Å². The first-order chi connectivity index (χ1) is 10.2. The zero-order valence-corrected chi connectivity index (χ0v) is 12.1. The number of carbonyl (C=O) groups is 1. The number of nitrogens with one attached hydrogen (secondary N) is 2. The van der Waals surface area contributed by atoms with Crippen LogP contribution in [0.2, 0.25) is 0 Å². The molecule has 110 valence electrons. The van der Waals surface area contributed by atoms with E-state index in [2.05, 4.69) is 22.4 Å². The topological polar surface area (TPSA) is 74.8 Å². The van der Waals surface area contributed by atoms with Crippen molar-refractivity contribution in [2.24, 2.45) is 5.41 Å². The highest BCUT2D eigenvalue weighted by Gasteiger charge is 2.41. The molecule has 1 aliphatic rings. The van der Waals surface area contributed by atoms with Crippen molar-refractivity contribution in [2.45, 2.75) is 32.6 Å². The minimum absolute atomic E-state index is 0.218. The summed E-state index contributed by atoms with van der Waals surface area (Å²) >= 11 is 0. The van der Waals surface area contributed by atoms with Crippen molar-refractivity contribution in [3.05, 3.63) is 40.3 Å². The van der Waals surface area contributed by atoms with Crippen LogP contribution in [0.15, 0.2) is 29.1 Å². The van der Waals surface area contributed by atoms with Gasteiger partial charge in [0.2, 0.25) is 0 Å². The Kier molecular flexibility index (Phi) is 3.49. The van der Waals surface area contributed by atoms with Gasteiger partial charge in [0.05, 0.1) is 5.39 Å². The Hall–Kier alpha value is -2.17. The van der Waals surface area contributed by atoms with Crippen LogP contribution in [0.3, 0.4) is 0 Å². The number of nitrogens with zero attached hydrogens (tertiary/aromatic N) is 1. The van der Waals surface area contributed by atoms with Crippen LogP contribution in [0.4, 0.5) is 0 Å². The van der Waals surface area contributed by atoms with Crippen LogP contribution < -0.4 is 10.9 Å². The number of rotatable bonds is 5. The van der Waals surface area contributed by atoms with Crippen molar-refractivity contribution in [3.63, 3.8) is 0 Å². The summed E-state index contributed by atoms with van der Waals surface area (Å²) in [5.41, 5.74) is 0.312. The van der Waals surface area contributed by atoms with E-state index in [-0.39, 0.29) is 17.2 Å². The molecule has 1 aliphatic carbocycles. The highest BCUT2D eigenvalue weighted by molar-refractivity contribution is 6.04. The molecular weight excluding hydrogens is 266 g/mol. The van der Waals surface area contributed by atoms with Gasteiger partial charge in [0.25, 0.3) is 11.5 Å². The second-order valence-electron chi connectivity index (χ2n) is 5.88. The van der Waals surface area contributed by atoms with Crippen molar-refractivity contribution >= 4 is 16.7 Å². The zero-order chi connectivity index (χ0) is 14.9. The molecule has 0 bridgehead atoms. The first-order valence-corrected chi connectivity index (χ1v) is 7.41. The van der Waals surface area contributed by atoms with E-state index >= 15 is 0 Å². The molecule has 1 fully saturated rings. The second kappa shape index (κ2) is 5.31. The Labute approximate surface area is 122 Å². The van der Waals surface area contributed by atoms with Crippen LogP contribution in [-0.4, -0.2) is 22.6 Å². The Morgan fingerprint density at radius 2 is 2.05 bits per heavy atom. The normalized spacial score (nSPS) is 15.9. The van der Waals surface area contributed by atoms with E-state index in [0.29, 0.717) is 22.7 Å². The Morgan fingerprint density at radius 1 is 1.33 bits per heavy atom. The number of aromatic amines is 1. The van der Waals surface area contributed by atoms with Gasteiger partial charge >= 0.3 is 0 Å². The number of H-pyrrole nitrogens is 1. The number of fused-ring (bicyclic) bond motifs is 1. The second-order valence-corrected chi connectivity index (χ2v) is 5.88. The fourth-order valence-corrected chi connectivity index (χ4v) is 2.86. The summed E-state index contributed by atoms with van der Waals surface area (Å²) in [6.07, 6.45) is 4.64. The molecule has 1 heterocycles. The van der Waals surface area contributed by atoms with Crippen LogP contribution in [0.1, 0.15) is 43.1 Å². The predicted molar refractivity (Wildman–Crippen MR) is 81.3 cm³/mol. The molecule has 1 aromatic carbocycles. The van der Waals surface area contributed by atoms with Crippen molar-refractivity contribution in [2.75, 3.05) is 6.54 Å². The van der Waals surface area contributed by atoms with Gasteiger partial charge in [-0.3, -0.25) is 9.59 Å². The number of hydrogen-bond acceptors (Lipinski definition) is 3. The van der Waals surface area contributed by atoms with E-state index in [1.165, 1.54) is 12.8 Å². The maximum Gasteiger partial charge on any atom is 0.272 e. The average molecular weight is 285 g/mol. The summed E-state index contributed by atoms with van der Waals surface area (Å²) in [5, 5.41) is 10.4. The molecule has 1 saturated carbocycles. The molecule has 1 amide bonds. The van der Waals surface area contributed by atoms with E-state index in [4.69, 9.17) is 0 Å². The van der Waals surface area contributed by atoms with Crippen LogP contribution in [0.25, 0.3) is 10.8 Å². The van der Waals surface area contributed by atoms with Gasteiger partial charge in [-0.2, -0.15) is 5.10 Å². The van der Waals surface area contributed by atoms with Gasteiger partial charge in [-0.05, 0) is 30.7 Å². The largest absolute Gasteiger partial charge is 0.350 e. The highest BCUT2D eigenvalue weighted by atomic mass is 16.2. The molecule has 21 heavy (non-hydrogen) atoms. The van der Waals surface area contributed by atoms with Crippen LogP contribution >= 0.6 is 0 Å². The number of carbonyl (C=O) groups excluding carboxylic acids is 1. The lowest BCUT2D eigenvalue weighted by Gasteiger charge is -2.14. The van der Waals surface area contributed by atoms with Gasteiger partial charge in [-0.25, -0.2) is 5.10 Å². The van der Waals surface area contributed by atoms with Gasteiger partial charge < -0.3 is 5.32 Å². The molecule has 0 saturated heterocycles. The van der Waals surface area contributed by atoms with Crippen molar-refractivity contribution in [1.82, 2.24) is 15.5 Å². The van der Waals surface area contributed by atoms with Gasteiger partial charge in [0.15, 0.2) is 5.69 Å². The third kappa shape index (κ3) is 2.68. The molecule has 5 heteroatoms. The molecule has 2 aromatic rings. The third-order valence-corrected chi connectivity index (χ3v) is 4.27. The maximum atomic E-state index is 12.4. The molecule has 5 nitrogen and oxygen atoms in total. The average Bonchev–Trinajstić information content (AvgIpc) is 3.26. The standard InChI is InChI=1S/C16H19N3O2/c1-2-7-16(8-9-16)10-17-15(21)13-11-5-3-4-6-12(11)14(20)19-18-13/h3-6H,2,7-10H2,1H3,(H,17,21)(H,19,20). The number of amides is 1. The molecular formula is C16H19N3O2. The Bertz CT molecular complexity index is 732. The summed E-state index contributed by atoms with van der Waals surface area (Å²) < 4.78 is 0. The summed E-state index contributed by atoms with van der Waals surface area (Å²) in [6, 6.07) is 7.04. The van der Waals surface area contributed by atoms with Crippen molar-refractivity contribution in [1.29, 1.82) is 0 Å². The lowest BCUT2D eigenvalue weighted by Crippen LogP contribution is -2.31. The Morgan fingerprint density at radius 3 is 2.71 bits per heavy atom. The third-order valence-electron chi connectivity index (χ3n) is 4.27. The molecule has 0 radical (unpaired) electrons. The monoisotopic (exact) mass is 285 g/mol. The maximum absolute atomic E-state index is 12.4. The molecule has 0 atom stereocenters. The van der Waals surface area contributed by atoms with E-state index < -0.39 is 0 Å². The SMILES string of the molecule is CCCC1(CNC(=O)c2n[nH]c(=O)c3ccccc23)CC1. The summed E-state index contributed by atoms with van der Waals surface area (Å²) in [5.74, 6) is -0.218. The highest BCUT2D eigenvalue weighted by Crippen LogP contribution is 2.48. The lowest BCUT2D eigenvalue weighted by atomic mass is 10.0. The van der Waals surface area contributed by atoms with E-state index in [1.807, 2.05) is 0 Å². The summed E-state index contributed by atoms with van der Waals surface area (Å²) in [7, 11) is 0. The van der Waals surface area contributed by atoms with Gasteiger partial charge in [0, 0.05) is 11.9 Å². The summed E-state index contributed by atoms with van der Waals surface area (Å²) in [4.78, 5) is 24.1. The van der Waals surface area contributed by atoms with Crippen molar-refractivity contribution < 1.29 is 4.79 Å². The first kappa shape index (κ1) is 13.8. The number of aromatic nitrogens is 2. The lowest BCUT2D eigenvalue weighted by molar-refractivity contribution is 0.0939. The first-order valence-electron chi connectivity index (χ1n) is 7.41. The molecule has 0 aliphatic heterocycles. The minimum atomic E-state index is -0.271. The zero-order valence-electron chi connectivity index (χ0n) is 12.1. The molecule has 1 aromatic heterocycles. The van der Waals surface area contributed by atoms with Gasteiger partial charge in [-0.15, -0.1) is 0 Å². The van der Waals surface area contributed by atoms with Gasteiger partial charge in [-0.1, -0.05) is 31.5 Å². The van der Waals surface area contributed by atoms with Gasteiger partial charge in [0.1, 0.15) is 0 Å². The van der Waals surface area contributed by atoms with E-state index in [0.717, 1.165) is 12.8 Å². The van der Waals surface area contributed by atoms with Crippen LogP contribution in [0, 0.1) is 5.41 Å². The molecule has 0 unspecified atom stereocenters. The minimum Gasteiger partial charge on any atom is -0.350 e. The molecule has 2 N–H and O–H groups in total. The summed E-state index contributed by atoms with van der Waals surface area (Å²) in [6.45, 7) is 2.85. The quantitative estimate of drug-likeness (QED) is 0.884. The van der Waals surface area contributed by atoms with Crippen molar-refractivity contribution in [3.8, 4) is 0 Å². The smallest absolute Gasteiger partial charge is 0.272 e. The van der Waals surface area contributed by atoms with E-state index in [1.54, 1.807) is 24.3 Å².